The molecule has 0 radical (unpaired) electrons. The molecule has 4 aromatic rings. The molecule has 0 saturated heterocycles. The molecule has 1 aliphatic rings. The van der Waals surface area contributed by atoms with Crippen molar-refractivity contribution >= 4 is 11.9 Å². The first kappa shape index (κ1) is 24.0. The molecule has 3 aromatic carbocycles. The van der Waals surface area contributed by atoms with Crippen LogP contribution in [-0.4, -0.2) is 22.1 Å². The molecule has 0 amide bonds. The highest BCUT2D eigenvalue weighted by Crippen LogP contribution is 2.46. The molecule has 2 unspecified atom stereocenters. The van der Waals surface area contributed by atoms with Crippen molar-refractivity contribution in [3.8, 4) is 29.0 Å². The summed E-state index contributed by atoms with van der Waals surface area (Å²) in [6.07, 6.45) is 0.988. The van der Waals surface area contributed by atoms with Gasteiger partial charge in [0.1, 0.15) is 11.7 Å². The van der Waals surface area contributed by atoms with Crippen molar-refractivity contribution in [3.63, 3.8) is 0 Å². The van der Waals surface area contributed by atoms with E-state index >= 15 is 0 Å². The van der Waals surface area contributed by atoms with Gasteiger partial charge in [-0.05, 0) is 53.3 Å². The second kappa shape index (κ2) is 10.1. The molecule has 5 rings (SSSR count). The molecule has 0 fully saturated rings. The molecule has 0 aliphatic carbocycles. The van der Waals surface area contributed by atoms with Gasteiger partial charge in [-0.15, -0.1) is 5.10 Å². The summed E-state index contributed by atoms with van der Waals surface area (Å²) in [6.45, 7) is 4.37. The molecule has 2 heterocycles. The summed E-state index contributed by atoms with van der Waals surface area (Å²) in [5, 5.41) is 25.7. The lowest BCUT2D eigenvalue weighted by Gasteiger charge is -2.28. The molecule has 1 aliphatic heterocycles. The van der Waals surface area contributed by atoms with Gasteiger partial charge in [0.2, 0.25) is 11.8 Å². The predicted octanol–water partition coefficient (Wildman–Crippen LogP) is 6.14. The van der Waals surface area contributed by atoms with E-state index in [0.29, 0.717) is 23.1 Å². The van der Waals surface area contributed by atoms with Gasteiger partial charge in [0.25, 0.3) is 0 Å². The number of ether oxygens (including phenoxy) is 2. The Morgan fingerprint density at radius 3 is 2.43 bits per heavy atom. The van der Waals surface area contributed by atoms with E-state index in [1.807, 2.05) is 30.3 Å². The van der Waals surface area contributed by atoms with Crippen molar-refractivity contribution in [1.82, 2.24) is 10.2 Å². The number of nitriles is 1. The highest BCUT2D eigenvalue weighted by atomic mass is 16.5. The highest BCUT2D eigenvalue weighted by Gasteiger charge is 2.40. The van der Waals surface area contributed by atoms with Crippen LogP contribution in [0.4, 0.5) is 0 Å². The van der Waals surface area contributed by atoms with Crippen molar-refractivity contribution < 1.29 is 14.3 Å². The van der Waals surface area contributed by atoms with Gasteiger partial charge in [0, 0.05) is 5.92 Å². The minimum atomic E-state index is -0.832. The first-order chi connectivity index (χ1) is 17.9. The maximum absolute atomic E-state index is 12.4. The third-order valence-electron chi connectivity index (χ3n) is 6.39. The molecule has 37 heavy (non-hydrogen) atoms. The van der Waals surface area contributed by atoms with Crippen LogP contribution in [0.5, 0.6) is 11.6 Å². The lowest BCUT2D eigenvalue weighted by Crippen LogP contribution is -2.30. The van der Waals surface area contributed by atoms with Gasteiger partial charge in [-0.3, -0.25) is 10.5 Å². The Morgan fingerprint density at radius 1 is 1.08 bits per heavy atom. The van der Waals surface area contributed by atoms with Gasteiger partial charge in [0.15, 0.2) is 0 Å². The smallest absolute Gasteiger partial charge is 0.343 e. The maximum atomic E-state index is 12.4. The number of benzene rings is 3. The molecule has 2 atom stereocenters. The predicted molar refractivity (Wildman–Crippen MR) is 140 cm³/mol. The van der Waals surface area contributed by atoms with Crippen molar-refractivity contribution in [1.29, 1.82) is 10.7 Å². The quantitative estimate of drug-likeness (QED) is 0.249. The van der Waals surface area contributed by atoms with Gasteiger partial charge in [-0.25, -0.2) is 4.79 Å². The molecule has 0 saturated carbocycles. The molecule has 0 spiro atoms. The topological polar surface area (TPSA) is 112 Å². The van der Waals surface area contributed by atoms with Crippen LogP contribution in [0.3, 0.4) is 0 Å². The van der Waals surface area contributed by atoms with Crippen LogP contribution in [0.15, 0.2) is 78.9 Å². The number of fused-ring (bicyclic) bond motifs is 1. The largest absolute Gasteiger partial charge is 0.423 e. The number of H-pyrrole nitrogens is 1. The molecule has 1 aromatic heterocycles. The summed E-state index contributed by atoms with van der Waals surface area (Å²) in [5.74, 6) is -0.669. The summed E-state index contributed by atoms with van der Waals surface area (Å²) in [4.78, 5) is 12.4. The second-order valence-corrected chi connectivity index (χ2v) is 9.49. The molecular weight excluding hydrogens is 464 g/mol. The van der Waals surface area contributed by atoms with E-state index in [1.165, 1.54) is 5.56 Å². The zero-order chi connectivity index (χ0) is 25.9. The van der Waals surface area contributed by atoms with Crippen molar-refractivity contribution in [2.45, 2.75) is 26.2 Å². The van der Waals surface area contributed by atoms with Crippen LogP contribution < -0.4 is 9.47 Å². The molecule has 184 valence electrons. The Hall–Kier alpha value is -4.70. The fourth-order valence-corrected chi connectivity index (χ4v) is 4.66. The lowest BCUT2D eigenvalue weighted by molar-refractivity contribution is 0.0734. The molecule has 2 N–H and O–H groups in total. The fourth-order valence-electron chi connectivity index (χ4n) is 4.66. The van der Waals surface area contributed by atoms with Gasteiger partial charge in [0.05, 0.1) is 22.9 Å². The monoisotopic (exact) mass is 490 g/mol. The third-order valence-corrected chi connectivity index (χ3v) is 6.39. The Morgan fingerprint density at radius 2 is 1.78 bits per heavy atom. The van der Waals surface area contributed by atoms with Gasteiger partial charge in [-0.2, -0.15) is 5.26 Å². The van der Waals surface area contributed by atoms with E-state index in [4.69, 9.17) is 14.9 Å². The van der Waals surface area contributed by atoms with E-state index < -0.39 is 17.8 Å². The van der Waals surface area contributed by atoms with E-state index in [0.717, 1.165) is 28.8 Å². The van der Waals surface area contributed by atoms with Crippen LogP contribution in [0.2, 0.25) is 0 Å². The van der Waals surface area contributed by atoms with Crippen molar-refractivity contribution in [2.75, 3.05) is 0 Å². The Bertz CT molecular complexity index is 1470. The van der Waals surface area contributed by atoms with Crippen molar-refractivity contribution in [3.05, 3.63) is 101 Å². The third kappa shape index (κ3) is 4.87. The van der Waals surface area contributed by atoms with Crippen LogP contribution in [-0.2, 0) is 6.42 Å². The Kier molecular flexibility index (Phi) is 6.57. The van der Waals surface area contributed by atoms with Crippen molar-refractivity contribution in [2.24, 2.45) is 11.8 Å². The highest BCUT2D eigenvalue weighted by molar-refractivity contribution is 5.91. The molecular formula is C30H26N4O3. The van der Waals surface area contributed by atoms with Crippen LogP contribution in [0.25, 0.3) is 11.3 Å². The van der Waals surface area contributed by atoms with Crippen LogP contribution >= 0.6 is 0 Å². The number of hydrogen-bond donors (Lipinski definition) is 2. The average molecular weight is 491 g/mol. The summed E-state index contributed by atoms with van der Waals surface area (Å²) in [5.41, 5.74) is 4.91. The zero-order valence-electron chi connectivity index (χ0n) is 20.6. The molecule has 0 bridgehead atoms. The Labute approximate surface area is 215 Å². The number of nitrogens with one attached hydrogen (secondary N) is 2. The summed E-state index contributed by atoms with van der Waals surface area (Å²) < 4.78 is 11.2. The number of aromatic amines is 1. The van der Waals surface area contributed by atoms with Crippen LogP contribution in [0, 0.1) is 28.6 Å². The number of aromatic nitrogens is 2. The van der Waals surface area contributed by atoms with Gasteiger partial charge < -0.3 is 9.47 Å². The SMILES string of the molecule is CC(C)Cc1ccc(-c2[nH]nc3c2C(c2ccc(OC(=O)c4ccccc4)cc2)C(C#N)C(=N)O3)cc1. The average Bonchev–Trinajstić information content (AvgIpc) is 3.32. The number of hydrogen-bond acceptors (Lipinski definition) is 6. The first-order valence-electron chi connectivity index (χ1n) is 12.1. The summed E-state index contributed by atoms with van der Waals surface area (Å²) in [7, 11) is 0. The number of esters is 1. The minimum absolute atomic E-state index is 0.148. The molecule has 7 heteroatoms. The maximum Gasteiger partial charge on any atom is 0.343 e. The van der Waals surface area contributed by atoms with E-state index in [-0.39, 0.29) is 5.90 Å². The van der Waals surface area contributed by atoms with Gasteiger partial charge in [-0.1, -0.05) is 68.4 Å². The van der Waals surface area contributed by atoms with E-state index in [9.17, 15) is 10.1 Å². The number of carbonyl (C=O) groups excluding carboxylic acids is 1. The second-order valence-electron chi connectivity index (χ2n) is 9.49. The summed E-state index contributed by atoms with van der Waals surface area (Å²) >= 11 is 0. The lowest BCUT2D eigenvalue weighted by atomic mass is 9.79. The standard InChI is InChI=1S/C30H26N4O3/c1-18(2)16-19-8-10-21(11-9-19)27-26-25(24(17-31)28(32)37-29(26)34-33-27)20-12-14-23(15-13-20)36-30(35)22-6-4-3-5-7-22/h3-15,18,24-25,32H,16H2,1-2H3,(H,33,34). The summed E-state index contributed by atoms with van der Waals surface area (Å²) in [6, 6.07) is 26.3. The number of carbonyl (C=O) groups is 1. The normalized spacial score (nSPS) is 16.5. The molecule has 7 nitrogen and oxygen atoms in total. The first-order valence-corrected chi connectivity index (χ1v) is 12.1. The minimum Gasteiger partial charge on any atom is -0.423 e. The number of nitrogens with zero attached hydrogens (tertiary/aromatic N) is 2. The van der Waals surface area contributed by atoms with E-state index in [2.05, 4.69) is 42.2 Å². The van der Waals surface area contributed by atoms with E-state index in [1.54, 1.807) is 36.4 Å². The number of rotatable bonds is 6. The van der Waals surface area contributed by atoms with Gasteiger partial charge >= 0.3 is 5.97 Å². The van der Waals surface area contributed by atoms with Crippen LogP contribution in [0.1, 0.15) is 46.8 Å². The zero-order valence-corrected chi connectivity index (χ0v) is 20.6. The fraction of sp³-hybridized carbons (Fsp3) is 0.200. The Balaban J connectivity index is 1.48.